The molecule has 0 aliphatic heterocycles. The zero-order valence-corrected chi connectivity index (χ0v) is 12.6. The third kappa shape index (κ3) is 4.43. The van der Waals surface area contributed by atoms with Crippen molar-refractivity contribution in [3.05, 3.63) is 34.9 Å². The largest absolute Gasteiger partial charge is 0.379 e. The number of carbonyl (C=O) groups excluding carboxylic acids is 1. The molecule has 0 saturated carbocycles. The topological polar surface area (TPSA) is 38.3 Å². The molecule has 0 aromatic heterocycles. The summed E-state index contributed by atoms with van der Waals surface area (Å²) in [6, 6.07) is 6.16. The predicted molar refractivity (Wildman–Crippen MR) is 81.4 cm³/mol. The Labute approximate surface area is 121 Å². The Morgan fingerprint density at radius 1 is 1.30 bits per heavy atom. The summed E-state index contributed by atoms with van der Waals surface area (Å²) in [7, 11) is 0. The zero-order chi connectivity index (χ0) is 14.4. The van der Waals surface area contributed by atoms with E-state index in [1.807, 2.05) is 19.9 Å². The van der Waals surface area contributed by atoms with Crippen molar-refractivity contribution >= 4 is 5.78 Å². The number of aryl methyl sites for hydroxylation is 2. The fourth-order valence-electron chi connectivity index (χ4n) is 2.57. The van der Waals surface area contributed by atoms with Gasteiger partial charge in [-0.25, -0.2) is 0 Å². The third-order valence-corrected chi connectivity index (χ3v) is 3.66. The van der Waals surface area contributed by atoms with Gasteiger partial charge in [-0.2, -0.15) is 0 Å². The molecule has 0 spiro atoms. The molecule has 3 nitrogen and oxygen atoms in total. The second-order valence-electron chi connectivity index (χ2n) is 5.71. The number of nitrogens with one attached hydrogen (secondary N) is 1. The molecule has 1 aliphatic carbocycles. The van der Waals surface area contributed by atoms with Crippen LogP contribution in [0.1, 0.15) is 48.2 Å². The summed E-state index contributed by atoms with van der Waals surface area (Å²) in [5.41, 5.74) is 3.62. The SMILES string of the molecule is CC(C)OCCCNCC(=O)c1ccc2c(c1)CCC2. The van der Waals surface area contributed by atoms with Gasteiger partial charge in [0.05, 0.1) is 12.6 Å². The van der Waals surface area contributed by atoms with E-state index in [9.17, 15) is 4.79 Å². The lowest BCUT2D eigenvalue weighted by Crippen LogP contribution is -2.25. The lowest BCUT2D eigenvalue weighted by Gasteiger charge is -2.08. The summed E-state index contributed by atoms with van der Waals surface area (Å²) in [5, 5.41) is 3.20. The molecule has 0 saturated heterocycles. The minimum atomic E-state index is 0.185. The number of hydrogen-bond acceptors (Lipinski definition) is 3. The summed E-state index contributed by atoms with van der Waals surface area (Å²) in [4.78, 5) is 12.1. The molecule has 1 N–H and O–H groups in total. The van der Waals surface area contributed by atoms with Crippen LogP contribution < -0.4 is 5.32 Å². The number of rotatable bonds is 8. The maximum Gasteiger partial charge on any atom is 0.176 e. The van der Waals surface area contributed by atoms with E-state index in [-0.39, 0.29) is 11.9 Å². The lowest BCUT2D eigenvalue weighted by molar-refractivity contribution is 0.0767. The van der Waals surface area contributed by atoms with E-state index in [4.69, 9.17) is 4.74 Å². The third-order valence-electron chi connectivity index (χ3n) is 3.66. The van der Waals surface area contributed by atoms with Crippen molar-refractivity contribution in [3.8, 4) is 0 Å². The van der Waals surface area contributed by atoms with Crippen LogP contribution in [0.4, 0.5) is 0 Å². The van der Waals surface area contributed by atoms with Crippen LogP contribution in [0.15, 0.2) is 18.2 Å². The van der Waals surface area contributed by atoms with E-state index in [1.165, 1.54) is 17.5 Å². The van der Waals surface area contributed by atoms with E-state index in [0.717, 1.165) is 38.0 Å². The molecule has 0 unspecified atom stereocenters. The highest BCUT2D eigenvalue weighted by Gasteiger charge is 2.13. The molecule has 0 atom stereocenters. The second kappa shape index (κ2) is 7.55. The summed E-state index contributed by atoms with van der Waals surface area (Å²) in [5.74, 6) is 0.185. The summed E-state index contributed by atoms with van der Waals surface area (Å²) >= 11 is 0. The van der Waals surface area contributed by atoms with Crippen molar-refractivity contribution in [2.24, 2.45) is 0 Å². The molecule has 2 rings (SSSR count). The first-order valence-electron chi connectivity index (χ1n) is 7.64. The monoisotopic (exact) mass is 275 g/mol. The van der Waals surface area contributed by atoms with Crippen LogP contribution in [0.2, 0.25) is 0 Å². The highest BCUT2D eigenvalue weighted by Crippen LogP contribution is 2.22. The average Bonchev–Trinajstić information content (AvgIpc) is 2.89. The van der Waals surface area contributed by atoms with E-state index < -0.39 is 0 Å². The first kappa shape index (κ1) is 15.2. The van der Waals surface area contributed by atoms with Gasteiger partial charge in [-0.05, 0) is 63.3 Å². The van der Waals surface area contributed by atoms with Gasteiger partial charge >= 0.3 is 0 Å². The van der Waals surface area contributed by atoms with Gasteiger partial charge in [-0.3, -0.25) is 4.79 Å². The van der Waals surface area contributed by atoms with E-state index in [2.05, 4.69) is 17.4 Å². The number of benzene rings is 1. The Morgan fingerprint density at radius 2 is 2.10 bits per heavy atom. The van der Waals surface area contributed by atoms with Gasteiger partial charge in [-0.1, -0.05) is 12.1 Å². The summed E-state index contributed by atoms with van der Waals surface area (Å²) in [6.07, 6.45) is 4.73. The molecule has 110 valence electrons. The van der Waals surface area contributed by atoms with Gasteiger partial charge in [0, 0.05) is 12.2 Å². The number of ketones is 1. The van der Waals surface area contributed by atoms with Crippen LogP contribution >= 0.6 is 0 Å². The Bertz CT molecular complexity index is 454. The maximum absolute atomic E-state index is 12.1. The average molecular weight is 275 g/mol. The van der Waals surface area contributed by atoms with Crippen LogP contribution in [0.5, 0.6) is 0 Å². The minimum Gasteiger partial charge on any atom is -0.379 e. The highest BCUT2D eigenvalue weighted by molar-refractivity contribution is 5.97. The molecule has 1 aromatic carbocycles. The van der Waals surface area contributed by atoms with Crippen molar-refractivity contribution in [2.45, 2.75) is 45.6 Å². The van der Waals surface area contributed by atoms with Crippen molar-refractivity contribution in [1.29, 1.82) is 0 Å². The molecule has 0 heterocycles. The summed E-state index contributed by atoms with van der Waals surface area (Å²) in [6.45, 7) is 6.05. The highest BCUT2D eigenvalue weighted by atomic mass is 16.5. The van der Waals surface area contributed by atoms with Crippen molar-refractivity contribution < 1.29 is 9.53 Å². The number of hydrogen-bond donors (Lipinski definition) is 1. The maximum atomic E-state index is 12.1. The smallest absolute Gasteiger partial charge is 0.176 e. The van der Waals surface area contributed by atoms with Crippen molar-refractivity contribution in [1.82, 2.24) is 5.32 Å². The molecule has 0 radical (unpaired) electrons. The van der Waals surface area contributed by atoms with E-state index in [0.29, 0.717) is 6.54 Å². The van der Waals surface area contributed by atoms with Crippen LogP contribution in [0, 0.1) is 0 Å². The zero-order valence-electron chi connectivity index (χ0n) is 12.6. The Kier molecular flexibility index (Phi) is 5.74. The lowest BCUT2D eigenvalue weighted by atomic mass is 10.0. The minimum absolute atomic E-state index is 0.185. The van der Waals surface area contributed by atoms with Crippen molar-refractivity contribution in [2.75, 3.05) is 19.7 Å². The van der Waals surface area contributed by atoms with Gasteiger partial charge in [0.25, 0.3) is 0 Å². The Balaban J connectivity index is 1.70. The quantitative estimate of drug-likeness (QED) is 0.585. The number of Topliss-reactive ketones (excluding diaryl/α,β-unsaturated/α-hetero) is 1. The van der Waals surface area contributed by atoms with Gasteiger partial charge in [0.2, 0.25) is 0 Å². The first-order chi connectivity index (χ1) is 9.66. The Hall–Kier alpha value is -1.19. The molecule has 3 heteroatoms. The van der Waals surface area contributed by atoms with E-state index >= 15 is 0 Å². The van der Waals surface area contributed by atoms with E-state index in [1.54, 1.807) is 0 Å². The fraction of sp³-hybridized carbons (Fsp3) is 0.588. The van der Waals surface area contributed by atoms with Crippen molar-refractivity contribution in [3.63, 3.8) is 0 Å². The van der Waals surface area contributed by atoms with Gasteiger partial charge < -0.3 is 10.1 Å². The normalized spacial score (nSPS) is 13.8. The standard InChI is InChI=1S/C17H25NO2/c1-13(2)20-10-4-9-18-12-17(19)16-8-7-14-5-3-6-15(14)11-16/h7-8,11,13,18H,3-6,9-10,12H2,1-2H3. The molecule has 1 aromatic rings. The molecule has 20 heavy (non-hydrogen) atoms. The second-order valence-corrected chi connectivity index (χ2v) is 5.71. The van der Waals surface area contributed by atoms with Crippen LogP contribution in [-0.4, -0.2) is 31.6 Å². The Morgan fingerprint density at radius 3 is 2.90 bits per heavy atom. The molecule has 0 bridgehead atoms. The molecular formula is C17H25NO2. The summed E-state index contributed by atoms with van der Waals surface area (Å²) < 4.78 is 5.46. The molecule has 0 amide bonds. The van der Waals surface area contributed by atoms with Crippen LogP contribution in [0.25, 0.3) is 0 Å². The fourth-order valence-corrected chi connectivity index (χ4v) is 2.57. The van der Waals surface area contributed by atoms with Gasteiger partial charge in [-0.15, -0.1) is 0 Å². The molecule has 0 fully saturated rings. The predicted octanol–water partition coefficient (Wildman–Crippen LogP) is 2.76. The van der Waals surface area contributed by atoms with Gasteiger partial charge in [0.1, 0.15) is 0 Å². The van der Waals surface area contributed by atoms with Gasteiger partial charge in [0.15, 0.2) is 5.78 Å². The van der Waals surface area contributed by atoms with Crippen LogP contribution in [-0.2, 0) is 17.6 Å². The number of fused-ring (bicyclic) bond motifs is 1. The number of carbonyl (C=O) groups is 1. The first-order valence-corrected chi connectivity index (χ1v) is 7.64. The van der Waals surface area contributed by atoms with Crippen LogP contribution in [0.3, 0.4) is 0 Å². The molecule has 1 aliphatic rings. The number of ether oxygens (including phenoxy) is 1. The molecular weight excluding hydrogens is 250 g/mol.